The van der Waals surface area contributed by atoms with Crippen molar-refractivity contribution in [3.05, 3.63) is 51.0 Å². The molecule has 0 radical (unpaired) electrons. The van der Waals surface area contributed by atoms with Gasteiger partial charge in [-0.25, -0.2) is 4.98 Å². The number of thiazole rings is 1. The zero-order valence-corrected chi connectivity index (χ0v) is 40.2. The molecule has 8 rings (SSSR count). The molecule has 4 heterocycles. The maximum absolute atomic E-state index is 15.2. The molecule has 3 saturated heterocycles. The zero-order valence-electron chi connectivity index (χ0n) is 37.8. The highest BCUT2D eigenvalue weighted by molar-refractivity contribution is 9.10. The number of benzene rings is 1. The number of halogens is 1. The van der Waals surface area contributed by atoms with Crippen LogP contribution in [0.25, 0.3) is 10.6 Å². The summed E-state index contributed by atoms with van der Waals surface area (Å²) in [6.07, 6.45) is 5.31. The van der Waals surface area contributed by atoms with Crippen LogP contribution >= 0.6 is 27.3 Å². The van der Waals surface area contributed by atoms with Crippen LogP contribution in [0, 0.1) is 23.7 Å². The van der Waals surface area contributed by atoms with Crippen LogP contribution in [0.3, 0.4) is 0 Å². The van der Waals surface area contributed by atoms with Gasteiger partial charge in [-0.3, -0.25) is 9.59 Å². The largest absolute Gasteiger partial charge is 0.462 e. The minimum atomic E-state index is -0.658. The monoisotopic (exact) mass is 942 g/mol. The minimum Gasteiger partial charge on any atom is -0.462 e. The lowest BCUT2D eigenvalue weighted by molar-refractivity contribution is -0.314. The van der Waals surface area contributed by atoms with Crippen molar-refractivity contribution >= 4 is 39.0 Å². The van der Waals surface area contributed by atoms with Gasteiger partial charge in [0.2, 0.25) is 0 Å². The maximum Gasteiger partial charge on any atom is 0.306 e. The number of ketones is 1. The Morgan fingerprint density at radius 3 is 2.29 bits per heavy atom. The molecule has 62 heavy (non-hydrogen) atoms. The van der Waals surface area contributed by atoms with Crippen molar-refractivity contribution in [2.45, 2.75) is 165 Å². The highest BCUT2D eigenvalue weighted by atomic mass is 79.9. The number of likely N-dealkylation sites (N-methyl/N-ethyl adjacent to an activating group) is 1. The van der Waals surface area contributed by atoms with Crippen molar-refractivity contribution in [2.24, 2.45) is 23.7 Å². The van der Waals surface area contributed by atoms with Crippen LogP contribution in [0.5, 0.6) is 0 Å². The third-order valence-electron chi connectivity index (χ3n) is 15.0. The van der Waals surface area contributed by atoms with Crippen LogP contribution < -0.4 is 0 Å². The molecule has 3 unspecified atom stereocenters. The fourth-order valence-electron chi connectivity index (χ4n) is 11.8. The average Bonchev–Trinajstić information content (AvgIpc) is 3.97. The van der Waals surface area contributed by atoms with E-state index in [1.54, 1.807) is 32.7 Å². The number of hydrogen-bond donors (Lipinski definition) is 0. The first kappa shape index (κ1) is 46.4. The van der Waals surface area contributed by atoms with Gasteiger partial charge in [0, 0.05) is 66.0 Å². The first-order valence-electron chi connectivity index (χ1n) is 22.9. The molecule has 3 aliphatic carbocycles. The molecular weight excluding hydrogens is 877 g/mol. The summed E-state index contributed by atoms with van der Waals surface area (Å²) >= 11 is 5.34. The van der Waals surface area contributed by atoms with Gasteiger partial charge in [-0.1, -0.05) is 48.0 Å². The summed E-state index contributed by atoms with van der Waals surface area (Å²) in [6.45, 7) is 8.18. The van der Waals surface area contributed by atoms with E-state index in [2.05, 4.69) is 67.0 Å². The van der Waals surface area contributed by atoms with E-state index < -0.39 is 18.3 Å². The number of allylic oxidation sites excluding steroid dienone is 2. The highest BCUT2D eigenvalue weighted by Gasteiger charge is 2.57. The lowest BCUT2D eigenvalue weighted by Gasteiger charge is -2.44. The van der Waals surface area contributed by atoms with E-state index in [9.17, 15) is 4.79 Å². The van der Waals surface area contributed by atoms with Gasteiger partial charge in [-0.2, -0.15) is 0 Å². The van der Waals surface area contributed by atoms with Crippen LogP contribution in [0.2, 0.25) is 0 Å². The summed E-state index contributed by atoms with van der Waals surface area (Å²) in [6, 6.07) is 8.58. The van der Waals surface area contributed by atoms with Gasteiger partial charge in [0.1, 0.15) is 29.4 Å². The van der Waals surface area contributed by atoms with E-state index in [-0.39, 0.29) is 96.8 Å². The van der Waals surface area contributed by atoms with E-state index in [1.807, 2.05) is 26.0 Å². The number of ether oxygens (including phenoxy) is 8. The number of rotatable bonds is 10. The normalized spacial score (nSPS) is 40.1. The van der Waals surface area contributed by atoms with Crippen molar-refractivity contribution in [1.82, 2.24) is 9.88 Å². The Hall–Kier alpha value is -2.11. The third kappa shape index (κ3) is 9.18. The molecule has 1 saturated carbocycles. The van der Waals surface area contributed by atoms with Crippen LogP contribution in [0.15, 0.2) is 40.4 Å². The molecule has 1 aromatic carbocycles. The fourth-order valence-corrected chi connectivity index (χ4v) is 13.4. The second kappa shape index (κ2) is 19.8. The number of aromatic nitrogens is 1. The Morgan fingerprint density at radius 2 is 1.61 bits per heavy atom. The van der Waals surface area contributed by atoms with Crippen molar-refractivity contribution in [3.8, 4) is 10.6 Å². The Morgan fingerprint density at radius 1 is 0.871 bits per heavy atom. The number of fused-ring (bicyclic) bond motifs is 8. The van der Waals surface area contributed by atoms with Crippen LogP contribution in [-0.4, -0.2) is 125 Å². The number of esters is 1. The summed E-state index contributed by atoms with van der Waals surface area (Å²) < 4.78 is 51.6. The van der Waals surface area contributed by atoms with Gasteiger partial charge < -0.3 is 42.8 Å². The molecule has 3 aliphatic heterocycles. The Balaban J connectivity index is 1.14. The number of cyclic esters (lactones) is 1. The van der Waals surface area contributed by atoms with E-state index in [0.29, 0.717) is 18.0 Å². The van der Waals surface area contributed by atoms with Gasteiger partial charge in [0.15, 0.2) is 18.4 Å². The van der Waals surface area contributed by atoms with Crippen LogP contribution in [-0.2, 0) is 47.5 Å². The lowest BCUT2D eigenvalue weighted by atomic mass is 9.67. The van der Waals surface area contributed by atoms with Gasteiger partial charge in [-0.05, 0) is 109 Å². The summed E-state index contributed by atoms with van der Waals surface area (Å²) in [7, 11) is 9.16. The summed E-state index contributed by atoms with van der Waals surface area (Å²) in [4.78, 5) is 38.2. The summed E-state index contributed by atoms with van der Waals surface area (Å²) in [5, 5.41) is 0.935. The molecule has 0 amide bonds. The number of carbonyl (C=O) groups excluding carboxylic acids is 2. The molecule has 6 aliphatic rings. The number of nitrogens with zero attached hydrogens (tertiary/aromatic N) is 2. The molecule has 342 valence electrons. The second-order valence-electron chi connectivity index (χ2n) is 18.8. The van der Waals surface area contributed by atoms with E-state index >= 15 is 4.79 Å². The van der Waals surface area contributed by atoms with E-state index in [0.717, 1.165) is 65.7 Å². The number of Topliss-reactive ketones (excluding diaryl/α,β-unsaturated/α-hetero) is 1. The number of carbonyl (C=O) groups is 2. The first-order chi connectivity index (χ1) is 29.8. The second-order valence-corrected chi connectivity index (χ2v) is 20.7. The zero-order chi connectivity index (χ0) is 44.0. The van der Waals surface area contributed by atoms with Crippen molar-refractivity contribution in [2.75, 3.05) is 35.4 Å². The predicted molar refractivity (Wildman–Crippen MR) is 239 cm³/mol. The Kier molecular flexibility index (Phi) is 14.8. The Labute approximate surface area is 380 Å². The predicted octanol–water partition coefficient (Wildman–Crippen LogP) is 8.45. The number of methoxy groups -OCH3 is 3. The summed E-state index contributed by atoms with van der Waals surface area (Å²) in [5.74, 6) is -0.948. The van der Waals surface area contributed by atoms with Gasteiger partial charge in [0.05, 0.1) is 36.5 Å². The highest BCUT2D eigenvalue weighted by Crippen LogP contribution is 2.63. The van der Waals surface area contributed by atoms with Gasteiger partial charge >= 0.3 is 5.97 Å². The molecule has 14 heteroatoms. The SMILES string of the molecule is CC[C@H]1CCC[C@H](O[C@H]2CC[C@H](N(C)C)C(C)O2)[C@@H](C)C(=O)C2=C[C@H]3[C@@H]4C[C@H](O[C@@H]5OC(C)[C@H](OC)C(OC)[C@@H]5OC)C[C@H]4c4sc(-c5ccc(Br)cc5)nc4[C@H]3[C@@H]2CC(=O)O1. The molecular formula is C48H67BrN2O10S. The van der Waals surface area contributed by atoms with Crippen LogP contribution in [0.4, 0.5) is 0 Å². The lowest BCUT2D eigenvalue weighted by Crippen LogP contribution is -2.59. The molecule has 1 aromatic heterocycles. The van der Waals surface area contributed by atoms with Gasteiger partial charge in [-0.15, -0.1) is 11.3 Å². The molecule has 2 aromatic rings. The van der Waals surface area contributed by atoms with E-state index in [1.165, 1.54) is 4.88 Å². The van der Waals surface area contributed by atoms with Crippen molar-refractivity contribution < 1.29 is 47.5 Å². The minimum absolute atomic E-state index is 0.00819. The Bertz CT molecular complexity index is 1910. The average molecular weight is 944 g/mol. The first-order valence-corrected chi connectivity index (χ1v) is 24.5. The van der Waals surface area contributed by atoms with Crippen molar-refractivity contribution in [3.63, 3.8) is 0 Å². The summed E-state index contributed by atoms with van der Waals surface area (Å²) in [5.41, 5.74) is 2.74. The quantitative estimate of drug-likeness (QED) is 0.213. The van der Waals surface area contributed by atoms with Crippen LogP contribution in [0.1, 0.15) is 108 Å². The topological polar surface area (TPSA) is 124 Å². The molecule has 12 nitrogen and oxygen atoms in total. The van der Waals surface area contributed by atoms with E-state index in [4.69, 9.17) is 42.9 Å². The smallest absolute Gasteiger partial charge is 0.306 e. The standard InChI is InChI=1S/C48H67BrN2O10S/c1-10-29-12-11-13-37(61-39-19-18-36(51(5)6)25(3)57-39)24(2)42(53)34-22-32-31-20-30(60-48-45(56-9)44(55-8)43(54-7)26(4)58-48)21-35(31)46-41(40(32)33(34)23-38(52)59-29)50-47(62-46)27-14-16-28(49)17-15-27/h14-17,22,24-26,29-33,35-37,39-40,43-45,48H,10-13,18-21,23H2,1-9H3/t24-,25?,26?,29+,30+,31+,32+,33-,35-,36+,37+,39+,40-,43+,44?,45+,48+/m1/s1. The molecule has 0 bridgehead atoms. The third-order valence-corrected chi connectivity index (χ3v) is 16.8. The molecule has 0 spiro atoms. The molecule has 17 atom stereocenters. The van der Waals surface area contributed by atoms with Gasteiger partial charge in [0.25, 0.3) is 0 Å². The molecule has 4 fully saturated rings. The fraction of sp³-hybridized carbons (Fsp3) is 0.729. The molecule has 0 N–H and O–H groups in total. The maximum atomic E-state index is 15.2. The number of hydrogen-bond acceptors (Lipinski definition) is 13. The van der Waals surface area contributed by atoms with Crippen molar-refractivity contribution in [1.29, 1.82) is 0 Å².